The number of carbonyl (C=O) groups is 2. The number of hydrogen-bond acceptors (Lipinski definition) is 4. The number of nitrogens with zero attached hydrogens (tertiary/aromatic N) is 3. The number of rotatable bonds is 6. The fourth-order valence-corrected chi connectivity index (χ4v) is 4.12. The van der Waals surface area contributed by atoms with Gasteiger partial charge in [-0.1, -0.05) is 43.6 Å². The van der Waals surface area contributed by atoms with E-state index in [2.05, 4.69) is 15.0 Å². The molecule has 0 bridgehead atoms. The molecule has 2 heterocycles. The quantitative estimate of drug-likeness (QED) is 0.591. The Morgan fingerprint density at radius 2 is 1.91 bits per heavy atom. The average molecular weight is 481 g/mol. The predicted octanol–water partition coefficient (Wildman–Crippen LogP) is 5.51. The molecule has 0 saturated carbocycles. The third kappa shape index (κ3) is 6.10. The molecule has 0 aliphatic carbocycles. The van der Waals surface area contributed by atoms with E-state index in [0.717, 1.165) is 11.3 Å². The van der Waals surface area contributed by atoms with Gasteiger partial charge in [-0.15, -0.1) is 0 Å². The average Bonchev–Trinajstić information content (AvgIpc) is 2.76. The first-order valence-corrected chi connectivity index (χ1v) is 11.1. The molecule has 0 atom stereocenters. The maximum atomic E-state index is 13.5. The number of ether oxygens (including phenoxy) is 1. The van der Waals surface area contributed by atoms with Crippen molar-refractivity contribution in [3.05, 3.63) is 47.1 Å². The molecule has 7 nitrogen and oxygen atoms in total. The zero-order chi connectivity index (χ0) is 24.1. The monoisotopic (exact) mass is 480 g/mol. The topological polar surface area (TPSA) is 74.8 Å². The molecule has 1 aromatic heterocycles. The molecule has 3 rings (SSSR count). The molecule has 0 unspecified atom stereocenters. The van der Waals surface area contributed by atoms with Gasteiger partial charge in [-0.25, -0.2) is 9.78 Å². The van der Waals surface area contributed by atoms with Crippen LogP contribution in [0.2, 0.25) is 5.02 Å². The second-order valence-electron chi connectivity index (χ2n) is 8.13. The van der Waals surface area contributed by atoms with Crippen molar-refractivity contribution in [2.45, 2.75) is 52.2 Å². The summed E-state index contributed by atoms with van der Waals surface area (Å²) in [5.74, 6) is -0.348. The third-order valence-corrected chi connectivity index (χ3v) is 5.78. The van der Waals surface area contributed by atoms with Crippen LogP contribution in [0.3, 0.4) is 0 Å². The minimum absolute atomic E-state index is 0.00816. The van der Waals surface area contributed by atoms with Gasteiger partial charge >= 0.3 is 12.6 Å². The number of likely N-dealkylation sites (tertiary alicyclic amines) is 1. The van der Waals surface area contributed by atoms with Gasteiger partial charge in [-0.05, 0) is 30.4 Å². The fraction of sp³-hybridized carbons (Fsp3) is 0.435. The van der Waals surface area contributed by atoms with E-state index >= 15 is 0 Å². The summed E-state index contributed by atoms with van der Waals surface area (Å²) in [6.45, 7) is 3.52. The molecular formula is C23H27ClF2N4O3. The van der Waals surface area contributed by atoms with Gasteiger partial charge in [0, 0.05) is 44.0 Å². The summed E-state index contributed by atoms with van der Waals surface area (Å²) in [5, 5.41) is 2.72. The third-order valence-electron chi connectivity index (χ3n) is 5.57. The molecule has 1 N–H and O–H groups in total. The standard InChI is InChI=1S/C23H27ClF2N4O3/c1-14(2)18-6-4-5-7-19(18)30(17-8-10-29(11-9-17)15(3)31)23(32)28-21-20(33-22(25)26)12-16(24)13-27-21/h4-7,12-14,17,22H,8-11H2,1-3H3,(H,27,28,32). The maximum Gasteiger partial charge on any atom is 0.387 e. The summed E-state index contributed by atoms with van der Waals surface area (Å²) in [6.07, 6.45) is 2.40. The lowest BCUT2D eigenvalue weighted by Gasteiger charge is -2.39. The molecule has 0 spiro atoms. The smallest absolute Gasteiger partial charge is 0.387 e. The normalized spacial score (nSPS) is 14.5. The molecule has 1 saturated heterocycles. The number of hydrogen-bond donors (Lipinski definition) is 1. The van der Waals surface area contributed by atoms with Gasteiger partial charge < -0.3 is 9.64 Å². The Hall–Kier alpha value is -2.94. The molecule has 10 heteroatoms. The molecule has 3 amide bonds. The molecule has 2 aromatic rings. The molecule has 33 heavy (non-hydrogen) atoms. The van der Waals surface area contributed by atoms with Gasteiger partial charge in [0.1, 0.15) is 0 Å². The van der Waals surface area contributed by atoms with Crippen LogP contribution in [0.15, 0.2) is 36.5 Å². The Kier molecular flexibility index (Phi) is 8.07. The summed E-state index contributed by atoms with van der Waals surface area (Å²) in [5.41, 5.74) is 1.69. The molecule has 0 radical (unpaired) electrons. The van der Waals surface area contributed by atoms with E-state index in [0.29, 0.717) is 25.9 Å². The van der Waals surface area contributed by atoms with E-state index in [1.807, 2.05) is 38.1 Å². The highest BCUT2D eigenvalue weighted by atomic mass is 35.5. The molecule has 178 valence electrons. The largest absolute Gasteiger partial charge is 0.431 e. The van der Waals surface area contributed by atoms with Gasteiger partial charge in [-0.2, -0.15) is 8.78 Å². The molecule has 1 aliphatic rings. The number of nitrogens with one attached hydrogen (secondary N) is 1. The first kappa shape index (κ1) is 24.7. The van der Waals surface area contributed by atoms with Crippen molar-refractivity contribution in [3.63, 3.8) is 0 Å². The van der Waals surface area contributed by atoms with E-state index in [9.17, 15) is 18.4 Å². The molecule has 1 aliphatic heterocycles. The number of pyridine rings is 1. The fourth-order valence-electron chi connectivity index (χ4n) is 3.97. The number of piperidine rings is 1. The van der Waals surface area contributed by atoms with Crippen molar-refractivity contribution < 1.29 is 23.1 Å². The molecular weight excluding hydrogens is 454 g/mol. The van der Waals surface area contributed by atoms with Crippen molar-refractivity contribution in [2.75, 3.05) is 23.3 Å². The van der Waals surface area contributed by atoms with E-state index in [1.165, 1.54) is 19.2 Å². The van der Waals surface area contributed by atoms with Crippen molar-refractivity contribution in [2.24, 2.45) is 0 Å². The van der Waals surface area contributed by atoms with Crippen molar-refractivity contribution in [1.82, 2.24) is 9.88 Å². The Balaban J connectivity index is 1.95. The highest BCUT2D eigenvalue weighted by molar-refractivity contribution is 6.30. The van der Waals surface area contributed by atoms with Crippen LogP contribution in [0.25, 0.3) is 0 Å². The van der Waals surface area contributed by atoms with Crippen LogP contribution in [0.4, 0.5) is 25.1 Å². The highest BCUT2D eigenvalue weighted by Gasteiger charge is 2.32. The number of urea groups is 1. The Morgan fingerprint density at radius 1 is 1.24 bits per heavy atom. The Bertz CT molecular complexity index is 997. The molecule has 1 aromatic carbocycles. The lowest BCUT2D eigenvalue weighted by atomic mass is 9.97. The Morgan fingerprint density at radius 3 is 2.52 bits per heavy atom. The highest BCUT2D eigenvalue weighted by Crippen LogP contribution is 2.33. The first-order chi connectivity index (χ1) is 15.7. The summed E-state index contributed by atoms with van der Waals surface area (Å²) < 4.78 is 30.3. The summed E-state index contributed by atoms with van der Waals surface area (Å²) >= 11 is 5.87. The lowest BCUT2D eigenvalue weighted by Crippen LogP contribution is -2.50. The second-order valence-corrected chi connectivity index (χ2v) is 8.57. The van der Waals surface area contributed by atoms with E-state index in [1.54, 1.807) is 9.80 Å². The van der Waals surface area contributed by atoms with Crippen LogP contribution in [0.1, 0.15) is 45.1 Å². The number of carbonyl (C=O) groups excluding carboxylic acids is 2. The van der Waals surface area contributed by atoms with Crippen molar-refractivity contribution in [1.29, 1.82) is 0 Å². The van der Waals surface area contributed by atoms with Crippen LogP contribution < -0.4 is 15.0 Å². The summed E-state index contributed by atoms with van der Waals surface area (Å²) in [4.78, 5) is 32.7. The second kappa shape index (κ2) is 10.8. The van der Waals surface area contributed by atoms with E-state index in [4.69, 9.17) is 11.6 Å². The van der Waals surface area contributed by atoms with Gasteiger partial charge in [0.2, 0.25) is 5.91 Å². The van der Waals surface area contributed by atoms with Crippen molar-refractivity contribution >= 4 is 35.0 Å². The van der Waals surface area contributed by atoms with Gasteiger partial charge in [0.05, 0.1) is 5.02 Å². The number of para-hydroxylation sites is 1. The number of halogens is 3. The van der Waals surface area contributed by atoms with Crippen LogP contribution >= 0.6 is 11.6 Å². The minimum Gasteiger partial charge on any atom is -0.431 e. The molecule has 1 fully saturated rings. The Labute approximate surface area is 196 Å². The van der Waals surface area contributed by atoms with Gasteiger partial charge in [0.25, 0.3) is 0 Å². The van der Waals surface area contributed by atoms with Crippen LogP contribution in [0, 0.1) is 0 Å². The first-order valence-electron chi connectivity index (χ1n) is 10.7. The predicted molar refractivity (Wildman–Crippen MR) is 123 cm³/mol. The number of alkyl halides is 2. The maximum absolute atomic E-state index is 13.5. The SMILES string of the molecule is CC(=O)N1CCC(N(C(=O)Nc2ncc(Cl)cc2OC(F)F)c2ccccc2C(C)C)CC1. The lowest BCUT2D eigenvalue weighted by molar-refractivity contribution is -0.129. The summed E-state index contributed by atoms with van der Waals surface area (Å²) in [7, 11) is 0. The van der Waals surface area contributed by atoms with Crippen LogP contribution in [-0.2, 0) is 4.79 Å². The van der Waals surface area contributed by atoms with E-state index < -0.39 is 12.6 Å². The number of benzene rings is 1. The van der Waals surface area contributed by atoms with E-state index in [-0.39, 0.29) is 34.5 Å². The number of amides is 3. The van der Waals surface area contributed by atoms with Gasteiger partial charge in [0.15, 0.2) is 11.6 Å². The number of aromatic nitrogens is 1. The minimum atomic E-state index is -3.10. The zero-order valence-corrected chi connectivity index (χ0v) is 19.5. The zero-order valence-electron chi connectivity index (χ0n) is 18.7. The number of anilines is 2. The van der Waals surface area contributed by atoms with Crippen LogP contribution in [0.5, 0.6) is 5.75 Å². The summed E-state index contributed by atoms with van der Waals surface area (Å²) in [6, 6.07) is 8.01. The van der Waals surface area contributed by atoms with Crippen molar-refractivity contribution in [3.8, 4) is 5.75 Å². The van der Waals surface area contributed by atoms with Crippen LogP contribution in [-0.4, -0.2) is 47.6 Å². The van der Waals surface area contributed by atoms with Gasteiger partial charge in [-0.3, -0.25) is 15.0 Å².